The van der Waals surface area contributed by atoms with Gasteiger partial charge in [0, 0.05) is 19.0 Å². The summed E-state index contributed by atoms with van der Waals surface area (Å²) in [5.74, 6) is -0.402. The molecular formula is C15H19ClFNO. The van der Waals surface area contributed by atoms with Crippen LogP contribution < -0.4 is 0 Å². The topological polar surface area (TPSA) is 23.5 Å². The highest BCUT2D eigenvalue weighted by Gasteiger charge is 2.46. The molecule has 0 amide bonds. The fourth-order valence-electron chi connectivity index (χ4n) is 3.59. The van der Waals surface area contributed by atoms with E-state index in [1.807, 2.05) is 6.07 Å². The van der Waals surface area contributed by atoms with Crippen LogP contribution in [0.2, 0.25) is 5.02 Å². The lowest BCUT2D eigenvalue weighted by Crippen LogP contribution is -2.48. The summed E-state index contributed by atoms with van der Waals surface area (Å²) in [6.07, 6.45) is 4.62. The quantitative estimate of drug-likeness (QED) is 0.902. The van der Waals surface area contributed by atoms with E-state index in [9.17, 15) is 9.50 Å². The number of nitrogens with zero attached hydrogens (tertiary/aromatic N) is 1. The first-order chi connectivity index (χ1) is 9.10. The number of hydrogen-bond acceptors (Lipinski definition) is 2. The fourth-order valence-corrected chi connectivity index (χ4v) is 3.78. The second-order valence-corrected chi connectivity index (χ2v) is 6.17. The Labute approximate surface area is 118 Å². The molecule has 0 aromatic heterocycles. The summed E-state index contributed by atoms with van der Waals surface area (Å²) < 4.78 is 13.5. The highest BCUT2D eigenvalue weighted by atomic mass is 35.5. The lowest BCUT2D eigenvalue weighted by molar-refractivity contribution is -0.00888. The lowest BCUT2D eigenvalue weighted by atomic mass is 9.84. The molecule has 1 N–H and O–H groups in total. The molecule has 1 aromatic rings. The first-order valence-corrected chi connectivity index (χ1v) is 7.37. The highest BCUT2D eigenvalue weighted by molar-refractivity contribution is 6.31. The van der Waals surface area contributed by atoms with Gasteiger partial charge in [-0.2, -0.15) is 0 Å². The Kier molecular flexibility index (Phi) is 3.54. The molecule has 2 nitrogen and oxygen atoms in total. The van der Waals surface area contributed by atoms with Gasteiger partial charge in [-0.1, -0.05) is 30.2 Å². The second kappa shape index (κ2) is 5.04. The summed E-state index contributed by atoms with van der Waals surface area (Å²) >= 11 is 6.01. The molecule has 3 rings (SSSR count). The molecular weight excluding hydrogens is 265 g/mol. The molecule has 0 aliphatic carbocycles. The summed E-state index contributed by atoms with van der Waals surface area (Å²) in [5.41, 5.74) is -0.0331. The van der Waals surface area contributed by atoms with E-state index >= 15 is 0 Å². The summed E-state index contributed by atoms with van der Waals surface area (Å²) in [7, 11) is 0. The summed E-state index contributed by atoms with van der Waals surface area (Å²) in [5, 5.41) is 11.1. The van der Waals surface area contributed by atoms with E-state index in [2.05, 4.69) is 4.90 Å². The van der Waals surface area contributed by atoms with Gasteiger partial charge in [0.15, 0.2) is 0 Å². The fraction of sp³-hybridized carbons (Fsp3) is 0.600. The van der Waals surface area contributed by atoms with Crippen molar-refractivity contribution in [2.45, 2.75) is 43.7 Å². The third-order valence-corrected chi connectivity index (χ3v) is 5.02. The van der Waals surface area contributed by atoms with E-state index in [-0.39, 0.29) is 11.1 Å². The van der Waals surface area contributed by atoms with Crippen LogP contribution in [0.25, 0.3) is 0 Å². The van der Waals surface area contributed by atoms with Crippen LogP contribution in [0.15, 0.2) is 18.2 Å². The molecule has 1 aromatic carbocycles. The largest absolute Gasteiger partial charge is 0.388 e. The first kappa shape index (κ1) is 13.3. The Balaban J connectivity index is 1.83. The summed E-state index contributed by atoms with van der Waals surface area (Å²) in [4.78, 5) is 2.37. The number of benzene rings is 1. The number of piperidine rings is 1. The first-order valence-electron chi connectivity index (χ1n) is 6.99. The molecule has 0 bridgehead atoms. The third kappa shape index (κ3) is 2.39. The van der Waals surface area contributed by atoms with Gasteiger partial charge in [-0.05, 0) is 37.4 Å². The van der Waals surface area contributed by atoms with Gasteiger partial charge in [-0.15, -0.1) is 0 Å². The van der Waals surface area contributed by atoms with E-state index in [1.54, 1.807) is 6.07 Å². The van der Waals surface area contributed by atoms with Crippen LogP contribution in [0, 0.1) is 5.82 Å². The van der Waals surface area contributed by atoms with Gasteiger partial charge in [0.1, 0.15) is 5.82 Å². The maximum atomic E-state index is 13.5. The number of fused-ring (bicyclic) bond motifs is 1. The zero-order valence-electron chi connectivity index (χ0n) is 10.9. The molecule has 2 heterocycles. The van der Waals surface area contributed by atoms with Gasteiger partial charge in [0.05, 0.1) is 10.6 Å². The van der Waals surface area contributed by atoms with Crippen molar-refractivity contribution < 1.29 is 9.50 Å². The van der Waals surface area contributed by atoms with Gasteiger partial charge in [-0.25, -0.2) is 4.39 Å². The average Bonchev–Trinajstić information content (AvgIpc) is 2.74. The van der Waals surface area contributed by atoms with Crippen molar-refractivity contribution in [3.63, 3.8) is 0 Å². The Morgan fingerprint density at radius 3 is 3.05 bits per heavy atom. The summed E-state index contributed by atoms with van der Waals surface area (Å²) in [6, 6.07) is 5.04. The molecule has 2 atom stereocenters. The van der Waals surface area contributed by atoms with Crippen LogP contribution in [0.5, 0.6) is 0 Å². The Morgan fingerprint density at radius 2 is 2.21 bits per heavy atom. The Hall–Kier alpha value is -0.640. The third-order valence-electron chi connectivity index (χ3n) is 4.59. The smallest absolute Gasteiger partial charge is 0.142 e. The second-order valence-electron chi connectivity index (χ2n) is 5.79. The van der Waals surface area contributed by atoms with Crippen molar-refractivity contribution in [3.05, 3.63) is 34.6 Å². The number of hydrogen-bond donors (Lipinski definition) is 1. The van der Waals surface area contributed by atoms with Gasteiger partial charge in [0.2, 0.25) is 0 Å². The van der Waals surface area contributed by atoms with E-state index < -0.39 is 11.4 Å². The van der Waals surface area contributed by atoms with Gasteiger partial charge in [-0.3, -0.25) is 4.90 Å². The molecule has 104 valence electrons. The van der Waals surface area contributed by atoms with E-state index in [0.717, 1.165) is 31.5 Å². The van der Waals surface area contributed by atoms with Crippen molar-refractivity contribution in [2.24, 2.45) is 0 Å². The van der Waals surface area contributed by atoms with Crippen LogP contribution in [-0.4, -0.2) is 34.7 Å². The molecule has 2 fully saturated rings. The zero-order valence-corrected chi connectivity index (χ0v) is 11.7. The van der Waals surface area contributed by atoms with Crippen LogP contribution in [-0.2, 0) is 6.42 Å². The normalized spacial score (nSPS) is 31.4. The molecule has 19 heavy (non-hydrogen) atoms. The minimum atomic E-state index is -0.752. The van der Waals surface area contributed by atoms with Crippen molar-refractivity contribution in [2.75, 3.05) is 13.1 Å². The maximum Gasteiger partial charge on any atom is 0.142 e. The van der Waals surface area contributed by atoms with Gasteiger partial charge >= 0.3 is 0 Å². The van der Waals surface area contributed by atoms with Crippen LogP contribution in [0.1, 0.15) is 31.2 Å². The predicted molar refractivity (Wildman–Crippen MR) is 73.9 cm³/mol. The standard InChI is InChI=1S/C15H19ClFNO/c16-14-11(4-3-5-12(14)17)10-15(19)7-9-18-8-2-1-6-13(15)18/h3-5,13,19H,1-2,6-10H2. The van der Waals surface area contributed by atoms with Gasteiger partial charge < -0.3 is 5.11 Å². The molecule has 0 spiro atoms. The maximum absolute atomic E-state index is 13.5. The van der Waals surface area contributed by atoms with Crippen molar-refractivity contribution >= 4 is 11.6 Å². The molecule has 4 heteroatoms. The van der Waals surface area contributed by atoms with Crippen molar-refractivity contribution in [1.82, 2.24) is 4.90 Å². The molecule has 0 radical (unpaired) electrons. The molecule has 2 unspecified atom stereocenters. The van der Waals surface area contributed by atoms with Crippen molar-refractivity contribution in [3.8, 4) is 0 Å². The lowest BCUT2D eigenvalue weighted by Gasteiger charge is -2.37. The Morgan fingerprint density at radius 1 is 1.37 bits per heavy atom. The number of rotatable bonds is 2. The molecule has 0 saturated carbocycles. The number of aliphatic hydroxyl groups is 1. The summed E-state index contributed by atoms with van der Waals surface area (Å²) in [6.45, 7) is 2.01. The molecule has 2 aliphatic rings. The van der Waals surface area contributed by atoms with Crippen molar-refractivity contribution in [1.29, 1.82) is 0 Å². The minimum absolute atomic E-state index is 0.158. The Bertz CT molecular complexity index is 481. The monoisotopic (exact) mass is 283 g/mol. The van der Waals surface area contributed by atoms with E-state index in [4.69, 9.17) is 11.6 Å². The molecule has 2 saturated heterocycles. The van der Waals surface area contributed by atoms with Crippen LogP contribution >= 0.6 is 11.6 Å². The zero-order chi connectivity index (χ0) is 13.5. The predicted octanol–water partition coefficient (Wildman–Crippen LogP) is 3.01. The minimum Gasteiger partial charge on any atom is -0.388 e. The van der Waals surface area contributed by atoms with E-state index in [0.29, 0.717) is 6.42 Å². The average molecular weight is 284 g/mol. The number of halogens is 2. The van der Waals surface area contributed by atoms with Gasteiger partial charge in [0.25, 0.3) is 0 Å². The van der Waals surface area contributed by atoms with E-state index in [1.165, 1.54) is 18.9 Å². The highest BCUT2D eigenvalue weighted by Crippen LogP contribution is 2.38. The van der Waals surface area contributed by atoms with Crippen LogP contribution in [0.3, 0.4) is 0 Å². The molecule has 2 aliphatic heterocycles. The van der Waals surface area contributed by atoms with Crippen LogP contribution in [0.4, 0.5) is 4.39 Å². The SMILES string of the molecule is OC1(Cc2cccc(F)c2Cl)CCN2CCCCC21.